The molecular weight excluding hydrogens is 505 g/mol. The Morgan fingerprint density at radius 2 is 1.42 bits per heavy atom. The molecule has 0 heterocycles. The number of esters is 1. The minimum Gasteiger partial charge on any atom is -0.756 e. The van der Waals surface area contributed by atoms with E-state index in [4.69, 9.17) is 18.5 Å². The van der Waals surface area contributed by atoms with Crippen LogP contribution in [0.5, 0.6) is 0 Å². The lowest BCUT2D eigenvalue weighted by Crippen LogP contribution is -2.37. The van der Waals surface area contributed by atoms with E-state index in [0.717, 1.165) is 32.1 Å². The fraction of sp³-hybridized carbons (Fsp3) is 0.828. The summed E-state index contributed by atoms with van der Waals surface area (Å²) in [5.74, 6) is -0.428. The number of hydrogen-bond acceptors (Lipinski definition) is 7. The van der Waals surface area contributed by atoms with E-state index >= 15 is 0 Å². The second kappa shape index (κ2) is 23.8. The van der Waals surface area contributed by atoms with Gasteiger partial charge in [-0.3, -0.25) is 9.36 Å². The number of phosphoric ester groups is 1. The standard InChI is InChI=1S/C29H56NO7P/c1-6-8-9-10-11-12-13-14-15-16-17-18-19-20-21-22-24-34-26-28(37-29(31)7-2)27-36-38(32,33)35-25-23-30(3,4)5/h11-12,14-15,28H,6-10,13,16-27H2,1-5H3/b12-11-,15-14-. The maximum absolute atomic E-state index is 12.0. The molecule has 38 heavy (non-hydrogen) atoms. The fourth-order valence-electron chi connectivity index (χ4n) is 3.43. The number of quaternary nitrogens is 1. The maximum atomic E-state index is 12.0. The molecule has 2 unspecified atom stereocenters. The van der Waals surface area contributed by atoms with Crippen molar-refractivity contribution in [1.29, 1.82) is 0 Å². The molecule has 0 aliphatic carbocycles. The summed E-state index contributed by atoms with van der Waals surface area (Å²) in [6.07, 6.45) is 22.6. The van der Waals surface area contributed by atoms with Gasteiger partial charge in [-0.05, 0) is 38.5 Å². The topological polar surface area (TPSA) is 94.1 Å². The first-order valence-corrected chi connectivity index (χ1v) is 16.0. The zero-order valence-corrected chi connectivity index (χ0v) is 25.8. The predicted octanol–water partition coefficient (Wildman–Crippen LogP) is 6.35. The van der Waals surface area contributed by atoms with Crippen LogP contribution in [0.1, 0.15) is 97.3 Å². The van der Waals surface area contributed by atoms with Gasteiger partial charge in [-0.1, -0.05) is 76.7 Å². The number of ether oxygens (including phenoxy) is 2. The van der Waals surface area contributed by atoms with E-state index in [1.165, 1.54) is 44.9 Å². The van der Waals surface area contributed by atoms with Crippen LogP contribution in [0, 0.1) is 0 Å². The number of carbonyl (C=O) groups excluding carboxylic acids is 1. The first kappa shape index (κ1) is 37.0. The number of likely N-dealkylation sites (N-methyl/N-ethyl adjacent to an activating group) is 1. The highest BCUT2D eigenvalue weighted by atomic mass is 31.2. The summed E-state index contributed by atoms with van der Waals surface area (Å²) in [7, 11) is 1.33. The Kier molecular flexibility index (Phi) is 23.2. The van der Waals surface area contributed by atoms with Gasteiger partial charge in [-0.25, -0.2) is 0 Å². The van der Waals surface area contributed by atoms with Gasteiger partial charge in [0.05, 0.1) is 34.4 Å². The number of unbranched alkanes of at least 4 members (excludes halogenated alkanes) is 9. The molecule has 0 aromatic rings. The number of carbonyl (C=O) groups is 1. The Balaban J connectivity index is 3.91. The SMILES string of the molecule is CCCCC/C=C\C/C=C\CCCCCCCCOCC(COP(=O)([O-])OCC[N+](C)(C)C)OC(=O)CC. The lowest BCUT2D eigenvalue weighted by Gasteiger charge is -2.28. The molecule has 0 saturated carbocycles. The molecule has 0 aromatic heterocycles. The van der Waals surface area contributed by atoms with Crippen molar-refractivity contribution in [3.63, 3.8) is 0 Å². The van der Waals surface area contributed by atoms with E-state index < -0.39 is 19.9 Å². The smallest absolute Gasteiger partial charge is 0.305 e. The van der Waals surface area contributed by atoms with Crippen molar-refractivity contribution < 1.29 is 37.3 Å². The molecule has 224 valence electrons. The lowest BCUT2D eigenvalue weighted by atomic mass is 10.1. The summed E-state index contributed by atoms with van der Waals surface area (Å²) < 4.78 is 33.3. The highest BCUT2D eigenvalue weighted by molar-refractivity contribution is 7.45. The van der Waals surface area contributed by atoms with E-state index in [0.29, 0.717) is 17.6 Å². The molecule has 0 aromatic carbocycles. The Hall–Kier alpha value is -1.02. The molecule has 0 aliphatic heterocycles. The zero-order valence-electron chi connectivity index (χ0n) is 24.9. The molecule has 0 rings (SSSR count). The van der Waals surface area contributed by atoms with Gasteiger partial charge in [0.25, 0.3) is 7.82 Å². The molecule has 0 fully saturated rings. The zero-order chi connectivity index (χ0) is 28.5. The Morgan fingerprint density at radius 1 is 0.816 bits per heavy atom. The molecule has 0 radical (unpaired) electrons. The van der Waals surface area contributed by atoms with Crippen LogP contribution in [0.3, 0.4) is 0 Å². The summed E-state index contributed by atoms with van der Waals surface area (Å²) in [6.45, 7) is 4.75. The van der Waals surface area contributed by atoms with E-state index in [-0.39, 0.29) is 26.2 Å². The van der Waals surface area contributed by atoms with Crippen LogP contribution >= 0.6 is 7.82 Å². The third-order valence-corrected chi connectivity index (χ3v) is 6.77. The van der Waals surface area contributed by atoms with Crippen LogP contribution in [-0.2, 0) is 27.9 Å². The summed E-state index contributed by atoms with van der Waals surface area (Å²) in [5.41, 5.74) is 0. The molecule has 0 bridgehead atoms. The van der Waals surface area contributed by atoms with Crippen LogP contribution in [0.25, 0.3) is 0 Å². The summed E-state index contributed by atoms with van der Waals surface area (Å²) in [6, 6.07) is 0. The van der Waals surface area contributed by atoms with Crippen molar-refractivity contribution in [1.82, 2.24) is 0 Å². The van der Waals surface area contributed by atoms with E-state index in [1.54, 1.807) is 6.92 Å². The first-order chi connectivity index (χ1) is 18.1. The fourth-order valence-corrected chi connectivity index (χ4v) is 4.16. The van der Waals surface area contributed by atoms with Crippen molar-refractivity contribution in [2.24, 2.45) is 0 Å². The van der Waals surface area contributed by atoms with Gasteiger partial charge < -0.3 is 27.9 Å². The third-order valence-electron chi connectivity index (χ3n) is 5.81. The van der Waals surface area contributed by atoms with E-state index in [1.807, 2.05) is 21.1 Å². The van der Waals surface area contributed by atoms with Crippen molar-refractivity contribution >= 4 is 13.8 Å². The van der Waals surface area contributed by atoms with Gasteiger partial charge in [-0.15, -0.1) is 0 Å². The van der Waals surface area contributed by atoms with Crippen LogP contribution in [0.4, 0.5) is 0 Å². The Labute approximate surface area is 233 Å². The van der Waals surface area contributed by atoms with Crippen molar-refractivity contribution in [2.75, 3.05) is 54.1 Å². The number of nitrogens with zero attached hydrogens (tertiary/aromatic N) is 1. The average Bonchev–Trinajstić information content (AvgIpc) is 2.85. The highest BCUT2D eigenvalue weighted by Gasteiger charge is 2.19. The van der Waals surface area contributed by atoms with Gasteiger partial charge in [0.1, 0.15) is 19.3 Å². The van der Waals surface area contributed by atoms with Crippen LogP contribution in [0.2, 0.25) is 0 Å². The molecule has 0 spiro atoms. The van der Waals surface area contributed by atoms with E-state index in [2.05, 4.69) is 31.2 Å². The van der Waals surface area contributed by atoms with Gasteiger partial charge in [0.2, 0.25) is 0 Å². The number of rotatable bonds is 26. The molecule has 0 aliphatic rings. The van der Waals surface area contributed by atoms with Crippen LogP contribution < -0.4 is 4.89 Å². The molecule has 0 amide bonds. The molecular formula is C29H56NO7P. The summed E-state index contributed by atoms with van der Waals surface area (Å²) in [5, 5.41) is 0. The van der Waals surface area contributed by atoms with Gasteiger partial charge >= 0.3 is 5.97 Å². The Bertz CT molecular complexity index is 676. The second-order valence-electron chi connectivity index (χ2n) is 10.7. The van der Waals surface area contributed by atoms with Crippen LogP contribution in [-0.4, -0.2) is 70.7 Å². The minimum absolute atomic E-state index is 0.0216. The molecule has 2 atom stereocenters. The molecule has 9 heteroatoms. The lowest BCUT2D eigenvalue weighted by molar-refractivity contribution is -0.870. The number of allylic oxidation sites excluding steroid dienone is 4. The maximum Gasteiger partial charge on any atom is 0.305 e. The average molecular weight is 562 g/mol. The second-order valence-corrected chi connectivity index (χ2v) is 12.1. The highest BCUT2D eigenvalue weighted by Crippen LogP contribution is 2.38. The third kappa shape index (κ3) is 26.6. The molecule has 0 saturated heterocycles. The molecule has 8 nitrogen and oxygen atoms in total. The summed E-state index contributed by atoms with van der Waals surface area (Å²) in [4.78, 5) is 23.7. The van der Waals surface area contributed by atoms with Crippen LogP contribution in [0.15, 0.2) is 24.3 Å². The first-order valence-electron chi connectivity index (χ1n) is 14.6. The van der Waals surface area contributed by atoms with Crippen molar-refractivity contribution in [3.05, 3.63) is 24.3 Å². The van der Waals surface area contributed by atoms with Crippen molar-refractivity contribution in [3.8, 4) is 0 Å². The van der Waals surface area contributed by atoms with Gasteiger partial charge in [0.15, 0.2) is 0 Å². The number of phosphoric acid groups is 1. The van der Waals surface area contributed by atoms with Gasteiger partial charge in [-0.2, -0.15) is 0 Å². The normalized spacial score (nSPS) is 14.8. The predicted molar refractivity (Wildman–Crippen MR) is 153 cm³/mol. The largest absolute Gasteiger partial charge is 0.756 e. The monoisotopic (exact) mass is 561 g/mol. The Morgan fingerprint density at radius 3 is 2.03 bits per heavy atom. The minimum atomic E-state index is -4.48. The quantitative estimate of drug-likeness (QED) is 0.0399. The van der Waals surface area contributed by atoms with E-state index in [9.17, 15) is 14.3 Å². The molecule has 0 N–H and O–H groups in total. The van der Waals surface area contributed by atoms with Crippen molar-refractivity contribution in [2.45, 2.75) is 103 Å². The summed E-state index contributed by atoms with van der Waals surface area (Å²) >= 11 is 0. The number of hydrogen-bond donors (Lipinski definition) is 0. The van der Waals surface area contributed by atoms with Gasteiger partial charge in [0, 0.05) is 13.0 Å².